The Morgan fingerprint density at radius 3 is 3.05 bits per heavy atom. The van der Waals surface area contributed by atoms with Crippen LogP contribution in [0.2, 0.25) is 0 Å². The predicted molar refractivity (Wildman–Crippen MR) is 68.6 cm³/mol. The molecule has 1 saturated heterocycles. The van der Waals surface area contributed by atoms with E-state index in [0.717, 1.165) is 43.7 Å². The molecule has 0 bridgehead atoms. The summed E-state index contributed by atoms with van der Waals surface area (Å²) >= 11 is 0. The monoisotopic (exact) mass is 262 g/mol. The average molecular weight is 262 g/mol. The zero-order valence-corrected chi connectivity index (χ0v) is 11.3. The number of hydrogen-bond donors (Lipinski definition) is 0. The second-order valence-electron chi connectivity index (χ2n) is 4.85. The third-order valence-electron chi connectivity index (χ3n) is 3.41. The lowest BCUT2D eigenvalue weighted by Crippen LogP contribution is -2.09. The van der Waals surface area contributed by atoms with Crippen LogP contribution < -0.4 is 0 Å². The Labute approximate surface area is 111 Å². The Kier molecular flexibility index (Phi) is 3.33. The van der Waals surface area contributed by atoms with Gasteiger partial charge in [0.15, 0.2) is 5.82 Å². The topological polar surface area (TPSA) is 66.0 Å². The van der Waals surface area contributed by atoms with E-state index in [-0.39, 0.29) is 6.10 Å². The highest BCUT2D eigenvalue weighted by molar-refractivity contribution is 5.47. The Morgan fingerprint density at radius 1 is 1.47 bits per heavy atom. The molecule has 1 aliphatic heterocycles. The van der Waals surface area contributed by atoms with Crippen molar-refractivity contribution in [2.45, 2.75) is 38.7 Å². The average Bonchev–Trinajstić information content (AvgIpc) is 3.10. The van der Waals surface area contributed by atoms with Crippen molar-refractivity contribution in [3.05, 3.63) is 17.6 Å². The Bertz CT molecular complexity index is 555. The molecular weight excluding hydrogens is 244 g/mol. The van der Waals surface area contributed by atoms with Gasteiger partial charge in [0.05, 0.1) is 11.8 Å². The number of aryl methyl sites for hydroxylation is 2. The van der Waals surface area contributed by atoms with Gasteiger partial charge in [0.1, 0.15) is 5.69 Å². The smallest absolute Gasteiger partial charge is 0.276 e. The fraction of sp³-hybridized carbons (Fsp3) is 0.615. The van der Waals surface area contributed by atoms with Gasteiger partial charge in [0.25, 0.3) is 5.89 Å². The summed E-state index contributed by atoms with van der Waals surface area (Å²) in [6, 6.07) is 1.99. The fourth-order valence-corrected chi connectivity index (χ4v) is 2.35. The molecule has 6 nitrogen and oxygen atoms in total. The van der Waals surface area contributed by atoms with Gasteiger partial charge >= 0.3 is 0 Å². The van der Waals surface area contributed by atoms with Crippen molar-refractivity contribution in [1.82, 2.24) is 19.9 Å². The molecule has 0 radical (unpaired) electrons. The molecule has 0 aromatic carbocycles. The molecule has 3 rings (SSSR count). The minimum atomic E-state index is 0.239. The van der Waals surface area contributed by atoms with Crippen molar-refractivity contribution in [3.8, 4) is 11.6 Å². The Balaban J connectivity index is 1.77. The summed E-state index contributed by atoms with van der Waals surface area (Å²) in [6.45, 7) is 2.92. The highest BCUT2D eigenvalue weighted by Gasteiger charge is 2.20. The maximum absolute atomic E-state index is 5.58. The number of hydrogen-bond acceptors (Lipinski definition) is 5. The van der Waals surface area contributed by atoms with Gasteiger partial charge in [-0.15, -0.1) is 0 Å². The Hall–Kier alpha value is -1.69. The summed E-state index contributed by atoms with van der Waals surface area (Å²) in [4.78, 5) is 4.43. The summed E-state index contributed by atoms with van der Waals surface area (Å²) in [6.07, 6.45) is 4.06. The van der Waals surface area contributed by atoms with Crippen LogP contribution in [0, 0.1) is 0 Å². The normalized spacial score (nSPS) is 19.2. The van der Waals surface area contributed by atoms with E-state index in [1.54, 1.807) is 4.68 Å². The second kappa shape index (κ2) is 5.13. The summed E-state index contributed by atoms with van der Waals surface area (Å²) in [5.74, 6) is 1.24. The number of ether oxygens (including phenoxy) is 1. The van der Waals surface area contributed by atoms with E-state index in [0.29, 0.717) is 11.7 Å². The molecule has 1 fully saturated rings. The van der Waals surface area contributed by atoms with Crippen LogP contribution in [-0.4, -0.2) is 32.6 Å². The molecule has 0 N–H and O–H groups in total. The number of nitrogens with zero attached hydrogens (tertiary/aromatic N) is 4. The molecule has 0 aliphatic carbocycles. The number of rotatable bonds is 4. The molecule has 102 valence electrons. The van der Waals surface area contributed by atoms with Crippen molar-refractivity contribution < 1.29 is 9.26 Å². The van der Waals surface area contributed by atoms with Gasteiger partial charge in [-0.3, -0.25) is 4.68 Å². The summed E-state index contributed by atoms with van der Waals surface area (Å²) in [5.41, 5.74) is 1.89. The maximum Gasteiger partial charge on any atom is 0.276 e. The van der Waals surface area contributed by atoms with Gasteiger partial charge in [-0.25, -0.2) is 0 Å². The first-order valence-electron chi connectivity index (χ1n) is 6.73. The highest BCUT2D eigenvalue weighted by atomic mass is 16.5. The molecule has 1 aliphatic rings. The van der Waals surface area contributed by atoms with Crippen molar-refractivity contribution in [2.75, 3.05) is 6.61 Å². The maximum atomic E-state index is 5.58. The van der Waals surface area contributed by atoms with Crippen molar-refractivity contribution in [1.29, 1.82) is 0 Å². The molecule has 0 saturated carbocycles. The first kappa shape index (κ1) is 12.3. The van der Waals surface area contributed by atoms with E-state index in [9.17, 15) is 0 Å². The minimum Gasteiger partial charge on any atom is -0.378 e. The van der Waals surface area contributed by atoms with Crippen LogP contribution in [0.3, 0.4) is 0 Å². The van der Waals surface area contributed by atoms with Crippen LogP contribution in [0.1, 0.15) is 31.3 Å². The third kappa shape index (κ3) is 2.53. The van der Waals surface area contributed by atoms with E-state index < -0.39 is 0 Å². The SMILES string of the molecule is CCc1cc(-c2nc(C[C@H]3CCCO3)no2)n(C)n1. The minimum absolute atomic E-state index is 0.239. The quantitative estimate of drug-likeness (QED) is 0.840. The summed E-state index contributed by atoms with van der Waals surface area (Å²) in [7, 11) is 1.89. The largest absolute Gasteiger partial charge is 0.378 e. The molecule has 0 amide bonds. The van der Waals surface area contributed by atoms with Crippen LogP contribution in [0.15, 0.2) is 10.6 Å². The molecule has 0 unspecified atom stereocenters. The molecule has 2 aromatic heterocycles. The first-order chi connectivity index (χ1) is 9.26. The van der Waals surface area contributed by atoms with E-state index in [4.69, 9.17) is 9.26 Å². The zero-order valence-electron chi connectivity index (χ0n) is 11.3. The first-order valence-corrected chi connectivity index (χ1v) is 6.73. The van der Waals surface area contributed by atoms with Crippen LogP contribution in [0.4, 0.5) is 0 Å². The zero-order chi connectivity index (χ0) is 13.2. The van der Waals surface area contributed by atoms with E-state index >= 15 is 0 Å². The van der Waals surface area contributed by atoms with Crippen molar-refractivity contribution >= 4 is 0 Å². The lowest BCUT2D eigenvalue weighted by Gasteiger charge is -2.03. The molecule has 1 atom stereocenters. The molecule has 6 heteroatoms. The predicted octanol–water partition coefficient (Wildman–Crippen LogP) is 1.75. The van der Waals surface area contributed by atoms with Crippen LogP contribution in [0.25, 0.3) is 11.6 Å². The van der Waals surface area contributed by atoms with Crippen molar-refractivity contribution in [3.63, 3.8) is 0 Å². The lowest BCUT2D eigenvalue weighted by molar-refractivity contribution is 0.109. The lowest BCUT2D eigenvalue weighted by atomic mass is 10.2. The summed E-state index contributed by atoms with van der Waals surface area (Å²) < 4.78 is 12.7. The molecule has 2 aromatic rings. The highest BCUT2D eigenvalue weighted by Crippen LogP contribution is 2.20. The standard InChI is InChI=1S/C13H18N4O2/c1-3-9-7-11(17(2)15-9)13-14-12(16-19-13)8-10-5-4-6-18-10/h7,10H,3-6,8H2,1-2H3/t10-/m1/s1. The third-order valence-corrected chi connectivity index (χ3v) is 3.41. The molecule has 0 spiro atoms. The number of aromatic nitrogens is 4. The van der Waals surface area contributed by atoms with Crippen LogP contribution in [-0.2, 0) is 24.6 Å². The molecular formula is C13H18N4O2. The van der Waals surface area contributed by atoms with E-state index in [1.165, 1.54) is 0 Å². The van der Waals surface area contributed by atoms with Gasteiger partial charge in [-0.05, 0) is 25.3 Å². The van der Waals surface area contributed by atoms with Gasteiger partial charge in [0, 0.05) is 20.1 Å². The van der Waals surface area contributed by atoms with Gasteiger partial charge < -0.3 is 9.26 Å². The molecule has 3 heterocycles. The van der Waals surface area contributed by atoms with E-state index in [1.807, 2.05) is 13.1 Å². The summed E-state index contributed by atoms with van der Waals surface area (Å²) in [5, 5.41) is 8.41. The second-order valence-corrected chi connectivity index (χ2v) is 4.85. The van der Waals surface area contributed by atoms with Gasteiger partial charge in [-0.1, -0.05) is 12.1 Å². The Morgan fingerprint density at radius 2 is 2.37 bits per heavy atom. The van der Waals surface area contributed by atoms with Crippen molar-refractivity contribution in [2.24, 2.45) is 7.05 Å². The molecule has 19 heavy (non-hydrogen) atoms. The van der Waals surface area contributed by atoms with Gasteiger partial charge in [-0.2, -0.15) is 10.1 Å². The van der Waals surface area contributed by atoms with Crippen LogP contribution in [0.5, 0.6) is 0 Å². The van der Waals surface area contributed by atoms with Gasteiger partial charge in [0.2, 0.25) is 0 Å². The van der Waals surface area contributed by atoms with Crippen LogP contribution >= 0.6 is 0 Å². The van der Waals surface area contributed by atoms with E-state index in [2.05, 4.69) is 22.2 Å². The fourth-order valence-electron chi connectivity index (χ4n) is 2.35.